The Morgan fingerprint density at radius 2 is 1.04 bits per heavy atom. The van der Waals surface area contributed by atoms with Crippen molar-refractivity contribution in [2.24, 2.45) is 5.41 Å². The van der Waals surface area contributed by atoms with E-state index in [0.717, 1.165) is 0 Å². The van der Waals surface area contributed by atoms with Gasteiger partial charge in [-0.3, -0.25) is 28.3 Å². The molecule has 2 heterocycles. The summed E-state index contributed by atoms with van der Waals surface area (Å²) in [7, 11) is 0. The van der Waals surface area contributed by atoms with Crippen molar-refractivity contribution in [1.29, 1.82) is 0 Å². The lowest BCUT2D eigenvalue weighted by Crippen LogP contribution is -2.38. The maximum atomic E-state index is 12.6. The van der Waals surface area contributed by atoms with Crippen LogP contribution < -0.4 is 22.2 Å². The molecule has 0 N–H and O–H groups in total. The minimum Gasteiger partial charge on any atom is -0.274 e. The fraction of sp³-hybridized carbons (Fsp3) is 0.474. The average molecular weight is 342 g/mol. The van der Waals surface area contributed by atoms with Crippen molar-refractivity contribution in [2.75, 3.05) is 0 Å². The first-order valence-electron chi connectivity index (χ1n) is 8.26. The standard InChI is InChI=1S/C19H22N2O4/c1-18(2,3)9-20-14(22)10-7-12-13(8-11(10)15(20)23)17(25)21(16(12)24)19(4,5)6/h7-8H,9H2,1-6H3. The number of hydrogen-bond donors (Lipinski definition) is 0. The van der Waals surface area contributed by atoms with E-state index in [1.54, 1.807) is 20.8 Å². The smallest absolute Gasteiger partial charge is 0.262 e. The van der Waals surface area contributed by atoms with Crippen molar-refractivity contribution in [2.45, 2.75) is 53.6 Å². The Balaban J connectivity index is 2.45. The summed E-state index contributed by atoms with van der Waals surface area (Å²) in [6.07, 6.45) is 0. The highest BCUT2D eigenvalue weighted by atomic mass is 16.2. The monoisotopic (exact) mass is 342 g/mol. The van der Waals surface area contributed by atoms with E-state index < -0.39 is 27.8 Å². The highest BCUT2D eigenvalue weighted by Gasteiger charge is 2.25. The SMILES string of the molecule is CC(C)(C)Cn1c(=O)c2cc3c(=O)n(C(C)(C)C)c(=O)c3cc2c1=O. The molecule has 0 saturated carbocycles. The van der Waals surface area contributed by atoms with Gasteiger partial charge >= 0.3 is 0 Å². The molecule has 132 valence electrons. The predicted molar refractivity (Wildman–Crippen MR) is 99.3 cm³/mol. The van der Waals surface area contributed by atoms with Crippen molar-refractivity contribution in [3.63, 3.8) is 0 Å². The summed E-state index contributed by atoms with van der Waals surface area (Å²) in [5.41, 5.74) is -2.59. The molecule has 0 fully saturated rings. The van der Waals surface area contributed by atoms with Gasteiger partial charge in [-0.15, -0.1) is 0 Å². The number of rotatable bonds is 1. The first-order chi connectivity index (χ1) is 11.3. The summed E-state index contributed by atoms with van der Waals surface area (Å²) in [5.74, 6) is 0. The third kappa shape index (κ3) is 2.56. The zero-order chi connectivity index (χ0) is 18.9. The van der Waals surface area contributed by atoms with Gasteiger partial charge in [0.25, 0.3) is 22.2 Å². The second-order valence-electron chi connectivity index (χ2n) is 8.82. The van der Waals surface area contributed by atoms with E-state index in [1.165, 1.54) is 21.3 Å². The Morgan fingerprint density at radius 1 is 0.680 bits per heavy atom. The van der Waals surface area contributed by atoms with Crippen molar-refractivity contribution in [3.8, 4) is 0 Å². The molecule has 0 aliphatic rings. The van der Waals surface area contributed by atoms with E-state index in [0.29, 0.717) is 0 Å². The van der Waals surface area contributed by atoms with Gasteiger partial charge in [-0.05, 0) is 38.3 Å². The van der Waals surface area contributed by atoms with Gasteiger partial charge in [-0.25, -0.2) is 0 Å². The first kappa shape index (κ1) is 17.3. The molecule has 3 rings (SSSR count). The van der Waals surface area contributed by atoms with Gasteiger partial charge in [0, 0.05) is 12.1 Å². The fourth-order valence-electron chi connectivity index (χ4n) is 3.25. The van der Waals surface area contributed by atoms with Crippen LogP contribution in [0.25, 0.3) is 21.5 Å². The second kappa shape index (κ2) is 5.00. The van der Waals surface area contributed by atoms with Gasteiger partial charge in [0.1, 0.15) is 0 Å². The van der Waals surface area contributed by atoms with E-state index in [9.17, 15) is 19.2 Å². The molecule has 1 aromatic carbocycles. The van der Waals surface area contributed by atoms with Crippen molar-refractivity contribution < 1.29 is 0 Å². The molecule has 0 radical (unpaired) electrons. The zero-order valence-corrected chi connectivity index (χ0v) is 15.4. The van der Waals surface area contributed by atoms with Crippen LogP contribution in [-0.2, 0) is 12.1 Å². The second-order valence-corrected chi connectivity index (χ2v) is 8.82. The Kier molecular flexibility index (Phi) is 3.47. The maximum Gasteiger partial charge on any atom is 0.262 e. The lowest BCUT2D eigenvalue weighted by molar-refractivity contribution is 0.336. The summed E-state index contributed by atoms with van der Waals surface area (Å²) in [5, 5.41) is 0.782. The highest BCUT2D eigenvalue weighted by molar-refractivity contribution is 5.97. The van der Waals surface area contributed by atoms with Crippen LogP contribution in [0.2, 0.25) is 0 Å². The van der Waals surface area contributed by atoms with Gasteiger partial charge < -0.3 is 0 Å². The molecule has 0 aliphatic heterocycles. The fourth-order valence-corrected chi connectivity index (χ4v) is 3.25. The van der Waals surface area contributed by atoms with Crippen LogP contribution in [0.5, 0.6) is 0 Å². The lowest BCUT2D eigenvalue weighted by atomic mass is 9.97. The van der Waals surface area contributed by atoms with E-state index in [-0.39, 0.29) is 33.5 Å². The Labute approximate surface area is 144 Å². The van der Waals surface area contributed by atoms with Crippen molar-refractivity contribution in [1.82, 2.24) is 9.13 Å². The quantitative estimate of drug-likeness (QED) is 0.674. The molecule has 0 unspecified atom stereocenters. The van der Waals surface area contributed by atoms with E-state index in [2.05, 4.69) is 0 Å². The molecule has 0 amide bonds. The van der Waals surface area contributed by atoms with Crippen LogP contribution in [0.15, 0.2) is 31.3 Å². The topological polar surface area (TPSA) is 78.1 Å². The molecule has 0 bridgehead atoms. The number of aromatic nitrogens is 2. The summed E-state index contributed by atoms with van der Waals surface area (Å²) >= 11 is 0. The van der Waals surface area contributed by atoms with E-state index >= 15 is 0 Å². The number of benzene rings is 1. The van der Waals surface area contributed by atoms with Crippen LogP contribution in [0.3, 0.4) is 0 Å². The minimum absolute atomic E-state index is 0.192. The molecular weight excluding hydrogens is 320 g/mol. The molecule has 3 aromatic rings. The lowest BCUT2D eigenvalue weighted by Gasteiger charge is -2.18. The molecule has 6 nitrogen and oxygen atoms in total. The van der Waals surface area contributed by atoms with Crippen LogP contribution in [0, 0.1) is 5.41 Å². The summed E-state index contributed by atoms with van der Waals surface area (Å²) in [6, 6.07) is 2.80. The van der Waals surface area contributed by atoms with E-state index in [1.807, 2.05) is 20.8 Å². The van der Waals surface area contributed by atoms with Gasteiger partial charge in [0.2, 0.25) is 0 Å². The third-order valence-corrected chi connectivity index (χ3v) is 4.28. The van der Waals surface area contributed by atoms with Crippen molar-refractivity contribution >= 4 is 21.5 Å². The normalized spacial score (nSPS) is 13.2. The van der Waals surface area contributed by atoms with Crippen LogP contribution >= 0.6 is 0 Å². The first-order valence-corrected chi connectivity index (χ1v) is 8.26. The Morgan fingerprint density at radius 3 is 1.36 bits per heavy atom. The number of fused-ring (bicyclic) bond motifs is 2. The minimum atomic E-state index is -0.677. The van der Waals surface area contributed by atoms with Crippen LogP contribution in [0.4, 0.5) is 0 Å². The van der Waals surface area contributed by atoms with Crippen LogP contribution in [0.1, 0.15) is 41.5 Å². The van der Waals surface area contributed by atoms with Gasteiger partial charge in [-0.2, -0.15) is 0 Å². The molecule has 0 spiro atoms. The predicted octanol–water partition coefficient (Wildman–Crippen LogP) is 1.71. The largest absolute Gasteiger partial charge is 0.274 e. The molecule has 0 atom stereocenters. The molecule has 2 aromatic heterocycles. The number of nitrogens with zero attached hydrogens (tertiary/aromatic N) is 2. The summed E-state index contributed by atoms with van der Waals surface area (Å²) < 4.78 is 2.37. The maximum absolute atomic E-state index is 12.6. The van der Waals surface area contributed by atoms with Gasteiger partial charge in [0.05, 0.1) is 21.5 Å². The molecule has 0 saturated heterocycles. The summed E-state index contributed by atoms with van der Waals surface area (Å²) in [4.78, 5) is 50.6. The van der Waals surface area contributed by atoms with Crippen LogP contribution in [-0.4, -0.2) is 9.13 Å². The van der Waals surface area contributed by atoms with E-state index in [4.69, 9.17) is 0 Å². The zero-order valence-electron chi connectivity index (χ0n) is 15.4. The average Bonchev–Trinajstić information content (AvgIpc) is 2.83. The third-order valence-electron chi connectivity index (χ3n) is 4.28. The van der Waals surface area contributed by atoms with Crippen molar-refractivity contribution in [3.05, 3.63) is 53.5 Å². The number of hydrogen-bond acceptors (Lipinski definition) is 4. The molecule has 0 aliphatic carbocycles. The summed E-state index contributed by atoms with van der Waals surface area (Å²) in [6.45, 7) is 11.4. The van der Waals surface area contributed by atoms with Gasteiger partial charge in [-0.1, -0.05) is 20.8 Å². The molecular formula is C19H22N2O4. The molecule has 25 heavy (non-hydrogen) atoms. The highest BCUT2D eigenvalue weighted by Crippen LogP contribution is 2.19. The Hall–Kier alpha value is -2.50. The Bertz CT molecular complexity index is 1130. The molecule has 6 heteroatoms. The van der Waals surface area contributed by atoms with Gasteiger partial charge in [0.15, 0.2) is 0 Å².